The molecule has 0 amide bonds. The second-order valence-electron chi connectivity index (χ2n) is 3.72. The number of rotatable bonds is 3. The van der Waals surface area contributed by atoms with E-state index in [0.29, 0.717) is 9.13 Å². The van der Waals surface area contributed by atoms with E-state index in [1.165, 1.54) is 11.7 Å². The van der Waals surface area contributed by atoms with Crippen molar-refractivity contribution in [2.45, 2.75) is 6.54 Å². The lowest BCUT2D eigenvalue weighted by Gasteiger charge is -2.09. The highest BCUT2D eigenvalue weighted by molar-refractivity contribution is 14.1. The van der Waals surface area contributed by atoms with Crippen LogP contribution in [0, 0.1) is 9.39 Å². The van der Waals surface area contributed by atoms with Gasteiger partial charge in [0.1, 0.15) is 0 Å². The second-order valence-corrected chi connectivity index (χ2v) is 4.88. The molecule has 0 saturated heterocycles. The molecular formula is C13H11FINO2. The molecule has 5 heteroatoms. The summed E-state index contributed by atoms with van der Waals surface area (Å²) >= 11 is 1.96. The third kappa shape index (κ3) is 2.55. The second kappa shape index (κ2) is 5.51. The molecule has 1 aromatic carbocycles. The summed E-state index contributed by atoms with van der Waals surface area (Å²) in [6, 6.07) is 8.39. The van der Waals surface area contributed by atoms with E-state index in [2.05, 4.69) is 0 Å². The van der Waals surface area contributed by atoms with Crippen molar-refractivity contribution in [2.75, 3.05) is 7.11 Å². The van der Waals surface area contributed by atoms with Gasteiger partial charge in [-0.15, -0.1) is 0 Å². The van der Waals surface area contributed by atoms with Gasteiger partial charge in [0.25, 0.3) is 5.56 Å². The maximum absolute atomic E-state index is 13.9. The predicted octanol–water partition coefficient (Wildman–Crippen LogP) is 2.65. The monoisotopic (exact) mass is 359 g/mol. The van der Waals surface area contributed by atoms with E-state index in [1.807, 2.05) is 22.6 Å². The quantitative estimate of drug-likeness (QED) is 0.790. The van der Waals surface area contributed by atoms with Crippen molar-refractivity contribution < 1.29 is 9.13 Å². The van der Waals surface area contributed by atoms with Gasteiger partial charge in [0.15, 0.2) is 11.6 Å². The molecular weight excluding hydrogens is 348 g/mol. The Bertz CT molecular complexity index is 625. The van der Waals surface area contributed by atoms with E-state index in [4.69, 9.17) is 4.74 Å². The maximum atomic E-state index is 13.9. The predicted molar refractivity (Wildman–Crippen MR) is 75.5 cm³/mol. The molecule has 94 valence electrons. The summed E-state index contributed by atoms with van der Waals surface area (Å²) < 4.78 is 20.9. The molecule has 0 bridgehead atoms. The van der Waals surface area contributed by atoms with Gasteiger partial charge in [-0.1, -0.05) is 12.1 Å². The third-order valence-electron chi connectivity index (χ3n) is 2.58. The van der Waals surface area contributed by atoms with Gasteiger partial charge in [-0.3, -0.25) is 4.79 Å². The van der Waals surface area contributed by atoms with E-state index >= 15 is 0 Å². The van der Waals surface area contributed by atoms with Gasteiger partial charge in [0.05, 0.1) is 17.2 Å². The van der Waals surface area contributed by atoms with Crippen molar-refractivity contribution in [1.29, 1.82) is 0 Å². The number of ether oxygens (including phenoxy) is 1. The fraction of sp³-hybridized carbons (Fsp3) is 0.154. The third-order valence-corrected chi connectivity index (χ3v) is 3.40. The van der Waals surface area contributed by atoms with E-state index < -0.39 is 5.82 Å². The Morgan fingerprint density at radius 3 is 2.83 bits per heavy atom. The van der Waals surface area contributed by atoms with E-state index in [1.54, 1.807) is 36.5 Å². The summed E-state index contributed by atoms with van der Waals surface area (Å²) in [5, 5.41) is 0. The first kappa shape index (κ1) is 13.1. The van der Waals surface area contributed by atoms with Crippen LogP contribution in [0.3, 0.4) is 0 Å². The van der Waals surface area contributed by atoms with E-state index in [0.717, 1.165) is 0 Å². The minimum absolute atomic E-state index is 0.125. The van der Waals surface area contributed by atoms with Crippen LogP contribution in [-0.2, 0) is 6.54 Å². The van der Waals surface area contributed by atoms with Crippen LogP contribution >= 0.6 is 22.6 Å². The molecule has 3 nitrogen and oxygen atoms in total. The average Bonchev–Trinajstić information content (AvgIpc) is 2.37. The lowest BCUT2D eigenvalue weighted by Crippen LogP contribution is -2.22. The standard InChI is InChI=1S/C13H11FINO2/c1-18-11-6-2-4-9(12(11)14)8-16-7-3-5-10(15)13(16)17/h2-7H,8H2,1H3. The highest BCUT2D eigenvalue weighted by Crippen LogP contribution is 2.20. The summed E-state index contributed by atoms with van der Waals surface area (Å²) in [6.45, 7) is 0.193. The van der Waals surface area contributed by atoms with Gasteiger partial charge < -0.3 is 9.30 Å². The van der Waals surface area contributed by atoms with Crippen LogP contribution in [0.15, 0.2) is 41.3 Å². The zero-order valence-corrected chi connectivity index (χ0v) is 11.8. The largest absolute Gasteiger partial charge is 0.494 e. The summed E-state index contributed by atoms with van der Waals surface area (Å²) in [5.41, 5.74) is 0.304. The molecule has 1 aromatic heterocycles. The maximum Gasteiger partial charge on any atom is 0.264 e. The number of benzene rings is 1. The van der Waals surface area contributed by atoms with Gasteiger partial charge in [-0.2, -0.15) is 0 Å². The number of halogens is 2. The zero-order valence-electron chi connectivity index (χ0n) is 9.69. The summed E-state index contributed by atoms with van der Waals surface area (Å²) in [4.78, 5) is 11.8. The summed E-state index contributed by atoms with van der Waals surface area (Å²) in [6.07, 6.45) is 1.64. The number of nitrogens with zero attached hydrogens (tertiary/aromatic N) is 1. The molecule has 18 heavy (non-hydrogen) atoms. The van der Waals surface area contributed by atoms with Crippen LogP contribution in [-0.4, -0.2) is 11.7 Å². The Hall–Kier alpha value is -1.37. The van der Waals surface area contributed by atoms with Gasteiger partial charge in [-0.05, 0) is 40.8 Å². The molecule has 0 aliphatic rings. The van der Waals surface area contributed by atoms with Crippen LogP contribution in [0.4, 0.5) is 4.39 Å². The fourth-order valence-corrected chi connectivity index (χ4v) is 2.17. The summed E-state index contributed by atoms with van der Waals surface area (Å²) in [5.74, 6) is -0.239. The molecule has 0 unspecified atom stereocenters. The van der Waals surface area contributed by atoms with Crippen molar-refractivity contribution in [2.24, 2.45) is 0 Å². The van der Waals surface area contributed by atoms with Crippen molar-refractivity contribution in [3.05, 3.63) is 61.8 Å². The van der Waals surface area contributed by atoms with Crippen molar-refractivity contribution in [1.82, 2.24) is 4.57 Å². The fourth-order valence-electron chi connectivity index (χ4n) is 1.65. The Morgan fingerprint density at radius 2 is 2.11 bits per heavy atom. The van der Waals surface area contributed by atoms with Crippen molar-refractivity contribution in [3.63, 3.8) is 0 Å². The molecule has 2 aromatic rings. The first-order valence-corrected chi connectivity index (χ1v) is 6.37. The first-order valence-electron chi connectivity index (χ1n) is 5.30. The highest BCUT2D eigenvalue weighted by atomic mass is 127. The average molecular weight is 359 g/mol. The molecule has 0 fully saturated rings. The molecule has 0 aliphatic carbocycles. The minimum atomic E-state index is -0.425. The zero-order chi connectivity index (χ0) is 13.1. The molecule has 1 heterocycles. The molecule has 0 atom stereocenters. The van der Waals surface area contributed by atoms with Crippen LogP contribution in [0.1, 0.15) is 5.56 Å². The normalized spacial score (nSPS) is 10.4. The smallest absolute Gasteiger partial charge is 0.264 e. The summed E-state index contributed by atoms with van der Waals surface area (Å²) in [7, 11) is 1.42. The molecule has 0 radical (unpaired) electrons. The van der Waals surface area contributed by atoms with Gasteiger partial charge in [-0.25, -0.2) is 4.39 Å². The van der Waals surface area contributed by atoms with Crippen LogP contribution < -0.4 is 10.3 Å². The molecule has 0 spiro atoms. The van der Waals surface area contributed by atoms with Gasteiger partial charge in [0, 0.05) is 11.8 Å². The number of aromatic nitrogens is 1. The van der Waals surface area contributed by atoms with E-state index in [-0.39, 0.29) is 17.9 Å². The van der Waals surface area contributed by atoms with Gasteiger partial charge in [0.2, 0.25) is 0 Å². The number of hydrogen-bond acceptors (Lipinski definition) is 2. The van der Waals surface area contributed by atoms with Gasteiger partial charge >= 0.3 is 0 Å². The van der Waals surface area contributed by atoms with Crippen molar-refractivity contribution in [3.8, 4) is 5.75 Å². The number of pyridine rings is 1. The molecule has 0 aliphatic heterocycles. The van der Waals surface area contributed by atoms with Crippen LogP contribution in [0.2, 0.25) is 0 Å². The molecule has 2 rings (SSSR count). The Labute approximate surface area is 117 Å². The van der Waals surface area contributed by atoms with Crippen molar-refractivity contribution >= 4 is 22.6 Å². The Balaban J connectivity index is 2.40. The lowest BCUT2D eigenvalue weighted by atomic mass is 10.2. The highest BCUT2D eigenvalue weighted by Gasteiger charge is 2.09. The topological polar surface area (TPSA) is 31.2 Å². The van der Waals surface area contributed by atoms with Crippen LogP contribution in [0.5, 0.6) is 5.75 Å². The minimum Gasteiger partial charge on any atom is -0.494 e. The molecule has 0 saturated carbocycles. The first-order chi connectivity index (χ1) is 8.63. The SMILES string of the molecule is COc1cccc(Cn2cccc(I)c2=O)c1F. The van der Waals surface area contributed by atoms with E-state index in [9.17, 15) is 9.18 Å². The Kier molecular flexibility index (Phi) is 4.00. The molecule has 0 N–H and O–H groups in total. The number of methoxy groups -OCH3 is 1. The number of hydrogen-bond donors (Lipinski definition) is 0. The lowest BCUT2D eigenvalue weighted by molar-refractivity contribution is 0.383. The Morgan fingerprint density at radius 1 is 1.33 bits per heavy atom. The van der Waals surface area contributed by atoms with Crippen LogP contribution in [0.25, 0.3) is 0 Å².